The molecular formula is C10H7BrFNOS. The largest absolute Gasteiger partial charge is 0.496 e. The van der Waals surface area contributed by atoms with Crippen LogP contribution in [0.4, 0.5) is 4.39 Å². The summed E-state index contributed by atoms with van der Waals surface area (Å²) < 4.78 is 19.0. The maximum Gasteiger partial charge on any atom is 0.129 e. The van der Waals surface area contributed by atoms with Gasteiger partial charge in [-0.3, -0.25) is 0 Å². The van der Waals surface area contributed by atoms with Gasteiger partial charge in [0.2, 0.25) is 0 Å². The van der Waals surface area contributed by atoms with Crippen LogP contribution < -0.4 is 4.74 Å². The number of benzene rings is 1. The van der Waals surface area contributed by atoms with Crippen molar-refractivity contribution < 1.29 is 9.13 Å². The third-order valence-corrected chi connectivity index (χ3v) is 3.45. The van der Waals surface area contributed by atoms with E-state index < -0.39 is 0 Å². The Kier molecular flexibility index (Phi) is 3.02. The number of halogens is 2. The molecule has 78 valence electrons. The highest BCUT2D eigenvalue weighted by Crippen LogP contribution is 2.33. The summed E-state index contributed by atoms with van der Waals surface area (Å²) in [6.45, 7) is 0. The van der Waals surface area contributed by atoms with Crippen molar-refractivity contribution in [1.82, 2.24) is 4.98 Å². The zero-order chi connectivity index (χ0) is 10.8. The lowest BCUT2D eigenvalue weighted by Gasteiger charge is -2.05. The Bertz CT molecular complexity index is 486. The van der Waals surface area contributed by atoms with Gasteiger partial charge >= 0.3 is 0 Å². The van der Waals surface area contributed by atoms with Crippen LogP contribution in [0, 0.1) is 5.82 Å². The Balaban J connectivity index is 2.55. The fraction of sp³-hybridized carbons (Fsp3) is 0.100. The van der Waals surface area contributed by atoms with E-state index in [9.17, 15) is 4.39 Å². The van der Waals surface area contributed by atoms with Crippen molar-refractivity contribution >= 4 is 27.3 Å². The zero-order valence-corrected chi connectivity index (χ0v) is 10.2. The van der Waals surface area contributed by atoms with Crippen molar-refractivity contribution in [2.24, 2.45) is 0 Å². The molecule has 0 amide bonds. The molecule has 0 N–H and O–H groups in total. The van der Waals surface area contributed by atoms with Crippen LogP contribution in [0.3, 0.4) is 0 Å². The minimum absolute atomic E-state index is 0.294. The van der Waals surface area contributed by atoms with Gasteiger partial charge < -0.3 is 4.74 Å². The molecule has 5 heteroatoms. The van der Waals surface area contributed by atoms with Gasteiger partial charge in [-0.2, -0.15) is 0 Å². The summed E-state index contributed by atoms with van der Waals surface area (Å²) in [5.41, 5.74) is 0.674. The molecule has 1 heterocycles. The minimum Gasteiger partial charge on any atom is -0.496 e. The standard InChI is InChI=1S/C10H7BrFNOS/c1-14-8-3-2-6(12)4-7(8)10-13-9(11)5-15-10/h2-5H,1H3. The van der Waals surface area contributed by atoms with E-state index in [1.54, 1.807) is 13.2 Å². The summed E-state index contributed by atoms with van der Waals surface area (Å²) >= 11 is 4.70. The summed E-state index contributed by atoms with van der Waals surface area (Å²) in [4.78, 5) is 4.22. The van der Waals surface area contributed by atoms with Crippen molar-refractivity contribution in [3.63, 3.8) is 0 Å². The topological polar surface area (TPSA) is 22.1 Å². The van der Waals surface area contributed by atoms with E-state index >= 15 is 0 Å². The quantitative estimate of drug-likeness (QED) is 0.840. The molecule has 1 aromatic carbocycles. The van der Waals surface area contributed by atoms with Gasteiger partial charge in [-0.05, 0) is 34.1 Å². The van der Waals surface area contributed by atoms with Crippen LogP contribution in [0.1, 0.15) is 0 Å². The van der Waals surface area contributed by atoms with E-state index in [0.717, 1.165) is 9.61 Å². The van der Waals surface area contributed by atoms with Crippen LogP contribution in [0.5, 0.6) is 5.75 Å². The maximum atomic E-state index is 13.1. The molecule has 2 nitrogen and oxygen atoms in total. The average Bonchev–Trinajstić information content (AvgIpc) is 2.65. The van der Waals surface area contributed by atoms with E-state index in [0.29, 0.717) is 11.3 Å². The summed E-state index contributed by atoms with van der Waals surface area (Å²) in [6.07, 6.45) is 0. The lowest BCUT2D eigenvalue weighted by atomic mass is 10.2. The molecule has 0 fully saturated rings. The average molecular weight is 288 g/mol. The number of nitrogens with zero attached hydrogens (tertiary/aromatic N) is 1. The summed E-state index contributed by atoms with van der Waals surface area (Å²) in [6, 6.07) is 4.38. The van der Waals surface area contributed by atoms with Gasteiger partial charge in [-0.1, -0.05) is 0 Å². The second kappa shape index (κ2) is 4.28. The molecule has 0 unspecified atom stereocenters. The number of aromatic nitrogens is 1. The maximum absolute atomic E-state index is 13.1. The molecule has 0 aliphatic heterocycles. The first kappa shape index (κ1) is 10.6. The summed E-state index contributed by atoms with van der Waals surface area (Å²) in [5.74, 6) is 0.329. The van der Waals surface area contributed by atoms with Crippen molar-refractivity contribution in [1.29, 1.82) is 0 Å². The van der Waals surface area contributed by atoms with Gasteiger partial charge in [0.1, 0.15) is 21.2 Å². The highest BCUT2D eigenvalue weighted by atomic mass is 79.9. The van der Waals surface area contributed by atoms with Crippen molar-refractivity contribution in [3.05, 3.63) is 34.0 Å². The van der Waals surface area contributed by atoms with Crippen LogP contribution in [-0.2, 0) is 0 Å². The predicted octanol–water partition coefficient (Wildman–Crippen LogP) is 3.72. The van der Waals surface area contributed by atoms with Gasteiger partial charge in [0.05, 0.1) is 12.7 Å². The van der Waals surface area contributed by atoms with E-state index in [1.165, 1.54) is 23.5 Å². The number of ether oxygens (including phenoxy) is 1. The first-order valence-electron chi connectivity index (χ1n) is 4.15. The lowest BCUT2D eigenvalue weighted by molar-refractivity contribution is 0.415. The molecule has 0 radical (unpaired) electrons. The summed E-state index contributed by atoms with van der Waals surface area (Å²) in [7, 11) is 1.55. The first-order valence-corrected chi connectivity index (χ1v) is 5.83. The Labute approximate surface area is 98.9 Å². The second-order valence-electron chi connectivity index (χ2n) is 2.82. The summed E-state index contributed by atoms with van der Waals surface area (Å²) in [5, 5.41) is 2.58. The molecule has 15 heavy (non-hydrogen) atoms. The lowest BCUT2D eigenvalue weighted by Crippen LogP contribution is -1.88. The Morgan fingerprint density at radius 1 is 1.47 bits per heavy atom. The third-order valence-electron chi connectivity index (χ3n) is 1.87. The van der Waals surface area contributed by atoms with Gasteiger partial charge in [-0.25, -0.2) is 9.37 Å². The Hall–Kier alpha value is -0.940. The van der Waals surface area contributed by atoms with Crippen molar-refractivity contribution in [2.45, 2.75) is 0 Å². The fourth-order valence-corrected chi connectivity index (χ4v) is 2.50. The first-order chi connectivity index (χ1) is 7.20. The predicted molar refractivity (Wildman–Crippen MR) is 61.8 cm³/mol. The van der Waals surface area contributed by atoms with Crippen LogP contribution in [0.25, 0.3) is 10.6 Å². The SMILES string of the molecule is COc1ccc(F)cc1-c1nc(Br)cs1. The van der Waals surface area contributed by atoms with Gasteiger partial charge in [-0.15, -0.1) is 11.3 Å². The van der Waals surface area contributed by atoms with Crippen molar-refractivity contribution in [2.75, 3.05) is 7.11 Å². The fourth-order valence-electron chi connectivity index (χ4n) is 1.23. The molecule has 0 saturated carbocycles. The molecule has 0 saturated heterocycles. The van der Waals surface area contributed by atoms with Crippen LogP contribution in [0.2, 0.25) is 0 Å². The molecular weight excluding hydrogens is 281 g/mol. The number of rotatable bonds is 2. The zero-order valence-electron chi connectivity index (χ0n) is 7.83. The smallest absolute Gasteiger partial charge is 0.129 e. The molecule has 0 aliphatic carbocycles. The van der Waals surface area contributed by atoms with E-state index in [-0.39, 0.29) is 5.82 Å². The molecule has 0 aliphatic rings. The third kappa shape index (κ3) is 2.18. The molecule has 0 bridgehead atoms. The Morgan fingerprint density at radius 2 is 2.27 bits per heavy atom. The monoisotopic (exact) mass is 287 g/mol. The number of methoxy groups -OCH3 is 1. The van der Waals surface area contributed by atoms with E-state index in [1.807, 2.05) is 5.38 Å². The number of hydrogen-bond acceptors (Lipinski definition) is 3. The number of hydrogen-bond donors (Lipinski definition) is 0. The van der Waals surface area contributed by atoms with Gasteiger partial charge in [0.25, 0.3) is 0 Å². The van der Waals surface area contributed by atoms with Crippen molar-refractivity contribution in [3.8, 4) is 16.3 Å². The molecule has 2 aromatic rings. The number of thiazole rings is 1. The van der Waals surface area contributed by atoms with Crippen LogP contribution >= 0.6 is 27.3 Å². The molecule has 2 rings (SSSR count). The highest BCUT2D eigenvalue weighted by molar-refractivity contribution is 9.10. The van der Waals surface area contributed by atoms with Crippen LogP contribution in [-0.4, -0.2) is 12.1 Å². The molecule has 1 aromatic heterocycles. The van der Waals surface area contributed by atoms with E-state index in [4.69, 9.17) is 4.74 Å². The van der Waals surface area contributed by atoms with Gasteiger partial charge in [0, 0.05) is 5.38 Å². The normalized spacial score (nSPS) is 10.3. The van der Waals surface area contributed by atoms with E-state index in [2.05, 4.69) is 20.9 Å². The second-order valence-corrected chi connectivity index (χ2v) is 4.49. The minimum atomic E-state index is -0.294. The molecule has 0 spiro atoms. The molecule has 0 atom stereocenters. The van der Waals surface area contributed by atoms with Crippen LogP contribution in [0.15, 0.2) is 28.2 Å². The Morgan fingerprint density at radius 3 is 2.87 bits per heavy atom. The highest BCUT2D eigenvalue weighted by Gasteiger charge is 2.10. The van der Waals surface area contributed by atoms with Gasteiger partial charge in [0.15, 0.2) is 0 Å².